The van der Waals surface area contributed by atoms with Gasteiger partial charge in [0.1, 0.15) is 5.82 Å². The molecule has 0 saturated heterocycles. The molecule has 1 heterocycles. The molecule has 2 N–H and O–H groups in total. The SMILES string of the molecule is CC(CC(N)CCc1nccn1C)C(C)(C)C. The number of nitrogens with zero attached hydrogens (tertiary/aromatic N) is 2. The van der Waals surface area contributed by atoms with Crippen LogP contribution in [0.5, 0.6) is 0 Å². The van der Waals surface area contributed by atoms with E-state index < -0.39 is 0 Å². The van der Waals surface area contributed by atoms with E-state index >= 15 is 0 Å². The molecule has 0 fully saturated rings. The quantitative estimate of drug-likeness (QED) is 0.855. The molecule has 1 aromatic rings. The highest BCUT2D eigenvalue weighted by molar-refractivity contribution is 4.92. The zero-order valence-electron chi connectivity index (χ0n) is 11.9. The molecular formula is C14H27N3. The number of aromatic nitrogens is 2. The fourth-order valence-electron chi connectivity index (χ4n) is 1.88. The summed E-state index contributed by atoms with van der Waals surface area (Å²) in [6.07, 6.45) is 6.91. The van der Waals surface area contributed by atoms with Crippen molar-refractivity contribution in [3.63, 3.8) is 0 Å². The van der Waals surface area contributed by atoms with Crippen LogP contribution in [0.1, 0.15) is 46.4 Å². The second-order valence-corrected chi connectivity index (χ2v) is 6.26. The van der Waals surface area contributed by atoms with Gasteiger partial charge in [0, 0.05) is 31.9 Å². The highest BCUT2D eigenvalue weighted by Crippen LogP contribution is 2.29. The highest BCUT2D eigenvalue weighted by Gasteiger charge is 2.22. The maximum absolute atomic E-state index is 6.20. The molecule has 1 rings (SSSR count). The van der Waals surface area contributed by atoms with Crippen molar-refractivity contribution in [1.82, 2.24) is 9.55 Å². The maximum atomic E-state index is 6.20. The standard InChI is InChI=1S/C14H27N3/c1-11(14(2,3)4)10-12(15)6-7-13-16-8-9-17(13)5/h8-9,11-12H,6-7,10,15H2,1-5H3. The summed E-state index contributed by atoms with van der Waals surface area (Å²) in [5.74, 6) is 1.78. The average molecular weight is 237 g/mol. The molecular weight excluding hydrogens is 210 g/mol. The molecule has 0 aliphatic rings. The predicted molar refractivity (Wildman–Crippen MR) is 72.7 cm³/mol. The smallest absolute Gasteiger partial charge is 0.108 e. The van der Waals surface area contributed by atoms with Gasteiger partial charge in [-0.25, -0.2) is 4.98 Å². The number of hydrogen-bond acceptors (Lipinski definition) is 2. The highest BCUT2D eigenvalue weighted by atomic mass is 15.0. The van der Waals surface area contributed by atoms with Crippen LogP contribution < -0.4 is 5.73 Å². The molecule has 0 aliphatic heterocycles. The van der Waals surface area contributed by atoms with E-state index in [0.29, 0.717) is 11.3 Å². The molecule has 3 heteroatoms. The largest absolute Gasteiger partial charge is 0.338 e. The molecule has 0 amide bonds. The lowest BCUT2D eigenvalue weighted by molar-refractivity contribution is 0.230. The third-order valence-electron chi connectivity index (χ3n) is 3.79. The Hall–Kier alpha value is -0.830. The minimum atomic E-state index is 0.279. The first-order valence-corrected chi connectivity index (χ1v) is 6.52. The molecule has 0 bridgehead atoms. The van der Waals surface area contributed by atoms with Crippen molar-refractivity contribution in [2.24, 2.45) is 24.1 Å². The molecule has 2 unspecified atom stereocenters. The molecule has 98 valence electrons. The molecule has 0 radical (unpaired) electrons. The van der Waals surface area contributed by atoms with Gasteiger partial charge in [-0.2, -0.15) is 0 Å². The van der Waals surface area contributed by atoms with Gasteiger partial charge in [0.25, 0.3) is 0 Å². The monoisotopic (exact) mass is 237 g/mol. The Morgan fingerprint density at radius 3 is 2.53 bits per heavy atom. The van der Waals surface area contributed by atoms with Crippen molar-refractivity contribution in [3.8, 4) is 0 Å². The lowest BCUT2D eigenvalue weighted by atomic mass is 9.78. The first-order chi connectivity index (χ1) is 7.80. The summed E-state index contributed by atoms with van der Waals surface area (Å²) in [7, 11) is 2.03. The van der Waals surface area contributed by atoms with Gasteiger partial charge in [-0.05, 0) is 24.2 Å². The van der Waals surface area contributed by atoms with Crippen LogP contribution in [-0.4, -0.2) is 15.6 Å². The van der Waals surface area contributed by atoms with Gasteiger partial charge in [0.2, 0.25) is 0 Å². The van der Waals surface area contributed by atoms with Gasteiger partial charge in [0.15, 0.2) is 0 Å². The zero-order valence-corrected chi connectivity index (χ0v) is 11.9. The predicted octanol–water partition coefficient (Wildman–Crippen LogP) is 2.75. The Morgan fingerprint density at radius 1 is 1.41 bits per heavy atom. The molecule has 0 aromatic carbocycles. The number of nitrogens with two attached hydrogens (primary N) is 1. The molecule has 3 nitrogen and oxygen atoms in total. The molecule has 1 aromatic heterocycles. The Kier molecular flexibility index (Phi) is 4.75. The van der Waals surface area contributed by atoms with Crippen LogP contribution in [0.2, 0.25) is 0 Å². The lowest BCUT2D eigenvalue weighted by Crippen LogP contribution is -2.29. The Labute approximate surface area is 105 Å². The molecule has 2 atom stereocenters. The second-order valence-electron chi connectivity index (χ2n) is 6.26. The van der Waals surface area contributed by atoms with Gasteiger partial charge < -0.3 is 10.3 Å². The van der Waals surface area contributed by atoms with Gasteiger partial charge in [0.05, 0.1) is 0 Å². The van der Waals surface area contributed by atoms with Crippen molar-refractivity contribution in [2.45, 2.75) is 53.0 Å². The summed E-state index contributed by atoms with van der Waals surface area (Å²) in [5.41, 5.74) is 6.55. The van der Waals surface area contributed by atoms with Gasteiger partial charge in [-0.1, -0.05) is 27.7 Å². The summed E-state index contributed by atoms with van der Waals surface area (Å²) in [4.78, 5) is 4.32. The van der Waals surface area contributed by atoms with E-state index in [9.17, 15) is 0 Å². The van der Waals surface area contributed by atoms with Crippen molar-refractivity contribution in [3.05, 3.63) is 18.2 Å². The van der Waals surface area contributed by atoms with Crippen LogP contribution in [0.15, 0.2) is 12.4 Å². The Morgan fingerprint density at radius 2 is 2.06 bits per heavy atom. The van der Waals surface area contributed by atoms with Crippen LogP contribution in [0.25, 0.3) is 0 Å². The summed E-state index contributed by atoms with van der Waals surface area (Å²) >= 11 is 0. The minimum Gasteiger partial charge on any atom is -0.338 e. The average Bonchev–Trinajstić information content (AvgIpc) is 2.59. The minimum absolute atomic E-state index is 0.279. The molecule has 0 saturated carbocycles. The first-order valence-electron chi connectivity index (χ1n) is 6.52. The van der Waals surface area contributed by atoms with E-state index in [0.717, 1.165) is 25.1 Å². The topological polar surface area (TPSA) is 43.8 Å². The number of aryl methyl sites for hydroxylation is 2. The van der Waals surface area contributed by atoms with Crippen molar-refractivity contribution < 1.29 is 0 Å². The van der Waals surface area contributed by atoms with Crippen LogP contribution in [0.3, 0.4) is 0 Å². The zero-order chi connectivity index (χ0) is 13.1. The maximum Gasteiger partial charge on any atom is 0.108 e. The molecule has 0 spiro atoms. The Bertz CT molecular complexity index is 335. The molecule has 17 heavy (non-hydrogen) atoms. The summed E-state index contributed by atoms with van der Waals surface area (Å²) in [5, 5.41) is 0. The number of rotatable bonds is 5. The summed E-state index contributed by atoms with van der Waals surface area (Å²) < 4.78 is 2.07. The van der Waals surface area contributed by atoms with E-state index in [-0.39, 0.29) is 6.04 Å². The summed E-state index contributed by atoms with van der Waals surface area (Å²) in [6.45, 7) is 9.13. The van der Waals surface area contributed by atoms with E-state index in [1.165, 1.54) is 0 Å². The Balaban J connectivity index is 2.36. The fourth-order valence-corrected chi connectivity index (χ4v) is 1.88. The van der Waals surface area contributed by atoms with E-state index in [1.807, 2.05) is 19.4 Å². The van der Waals surface area contributed by atoms with Crippen molar-refractivity contribution >= 4 is 0 Å². The van der Waals surface area contributed by atoms with Gasteiger partial charge >= 0.3 is 0 Å². The van der Waals surface area contributed by atoms with Gasteiger partial charge in [-0.15, -0.1) is 0 Å². The van der Waals surface area contributed by atoms with Crippen molar-refractivity contribution in [1.29, 1.82) is 0 Å². The fraction of sp³-hybridized carbons (Fsp3) is 0.786. The van der Waals surface area contributed by atoms with Crippen LogP contribution in [0.4, 0.5) is 0 Å². The second kappa shape index (κ2) is 5.67. The lowest BCUT2D eigenvalue weighted by Gasteiger charge is -2.29. The molecule has 0 aliphatic carbocycles. The number of imidazole rings is 1. The van der Waals surface area contributed by atoms with E-state index in [4.69, 9.17) is 5.73 Å². The van der Waals surface area contributed by atoms with Crippen LogP contribution >= 0.6 is 0 Å². The summed E-state index contributed by atoms with van der Waals surface area (Å²) in [6, 6.07) is 0.279. The normalized spacial score (nSPS) is 15.9. The van der Waals surface area contributed by atoms with E-state index in [2.05, 4.69) is 37.2 Å². The van der Waals surface area contributed by atoms with Crippen LogP contribution in [-0.2, 0) is 13.5 Å². The van der Waals surface area contributed by atoms with Crippen LogP contribution in [0, 0.1) is 11.3 Å². The van der Waals surface area contributed by atoms with E-state index in [1.54, 1.807) is 0 Å². The third-order valence-corrected chi connectivity index (χ3v) is 3.79. The van der Waals surface area contributed by atoms with Crippen molar-refractivity contribution in [2.75, 3.05) is 0 Å². The first kappa shape index (κ1) is 14.2. The number of hydrogen-bond donors (Lipinski definition) is 1. The third kappa shape index (κ3) is 4.50. The van der Waals surface area contributed by atoms with Gasteiger partial charge in [-0.3, -0.25) is 0 Å².